The van der Waals surface area contributed by atoms with E-state index in [2.05, 4.69) is 41.0 Å². The standard InChI is InChI=1S/C13H22N4/c1-4-11-6-7-17(9-11)12-10(3)8-15-13(16-12)14-5-2/h8,11H,4-7,9H2,1-3H3,(H,14,15,16). The minimum absolute atomic E-state index is 0.744. The lowest BCUT2D eigenvalue weighted by molar-refractivity contribution is 0.568. The SMILES string of the molecule is CCNc1ncc(C)c(N2CCC(CC)C2)n1. The van der Waals surface area contributed by atoms with Gasteiger partial charge in [0.15, 0.2) is 0 Å². The largest absolute Gasteiger partial charge is 0.356 e. The zero-order chi connectivity index (χ0) is 12.3. The Labute approximate surface area is 103 Å². The van der Waals surface area contributed by atoms with Crippen LogP contribution in [-0.4, -0.2) is 29.6 Å². The van der Waals surface area contributed by atoms with Crippen LogP contribution in [0.25, 0.3) is 0 Å². The summed E-state index contributed by atoms with van der Waals surface area (Å²) in [7, 11) is 0. The van der Waals surface area contributed by atoms with E-state index in [1.165, 1.54) is 18.4 Å². The van der Waals surface area contributed by atoms with Crippen molar-refractivity contribution < 1.29 is 0 Å². The zero-order valence-corrected chi connectivity index (χ0v) is 11.0. The third-order valence-corrected chi connectivity index (χ3v) is 3.44. The van der Waals surface area contributed by atoms with Gasteiger partial charge in [0.25, 0.3) is 0 Å². The van der Waals surface area contributed by atoms with Crippen molar-refractivity contribution in [2.24, 2.45) is 5.92 Å². The Balaban J connectivity index is 2.16. The van der Waals surface area contributed by atoms with E-state index in [-0.39, 0.29) is 0 Å². The lowest BCUT2D eigenvalue weighted by Crippen LogP contribution is -2.22. The molecule has 1 atom stereocenters. The third-order valence-electron chi connectivity index (χ3n) is 3.44. The summed E-state index contributed by atoms with van der Waals surface area (Å²) >= 11 is 0. The topological polar surface area (TPSA) is 41.1 Å². The predicted octanol–water partition coefficient (Wildman–Crippen LogP) is 2.45. The summed E-state index contributed by atoms with van der Waals surface area (Å²) in [6, 6.07) is 0. The van der Waals surface area contributed by atoms with Crippen molar-refractivity contribution in [3.05, 3.63) is 11.8 Å². The normalized spacial score (nSPS) is 19.7. The molecule has 1 N–H and O–H groups in total. The molecule has 2 heterocycles. The van der Waals surface area contributed by atoms with Gasteiger partial charge in [-0.25, -0.2) is 4.98 Å². The molecule has 0 aliphatic carbocycles. The van der Waals surface area contributed by atoms with Gasteiger partial charge in [-0.2, -0.15) is 4.98 Å². The number of anilines is 2. The molecule has 1 unspecified atom stereocenters. The van der Waals surface area contributed by atoms with Crippen molar-refractivity contribution in [1.29, 1.82) is 0 Å². The fraction of sp³-hybridized carbons (Fsp3) is 0.692. The average molecular weight is 234 g/mol. The highest BCUT2D eigenvalue weighted by molar-refractivity contribution is 5.49. The molecule has 4 heteroatoms. The second-order valence-corrected chi connectivity index (χ2v) is 4.74. The van der Waals surface area contributed by atoms with Gasteiger partial charge in [-0.15, -0.1) is 0 Å². The van der Waals surface area contributed by atoms with Crippen LogP contribution in [0.2, 0.25) is 0 Å². The van der Waals surface area contributed by atoms with Gasteiger partial charge in [-0.1, -0.05) is 13.3 Å². The first-order valence-corrected chi connectivity index (χ1v) is 6.57. The lowest BCUT2D eigenvalue weighted by atomic mass is 10.1. The van der Waals surface area contributed by atoms with E-state index < -0.39 is 0 Å². The summed E-state index contributed by atoms with van der Waals surface area (Å²) in [5.41, 5.74) is 1.17. The van der Waals surface area contributed by atoms with Crippen LogP contribution in [0.3, 0.4) is 0 Å². The number of nitrogens with one attached hydrogen (secondary N) is 1. The Morgan fingerprint density at radius 2 is 2.29 bits per heavy atom. The van der Waals surface area contributed by atoms with E-state index in [9.17, 15) is 0 Å². The van der Waals surface area contributed by atoms with Gasteiger partial charge in [0, 0.05) is 31.4 Å². The Hall–Kier alpha value is -1.32. The van der Waals surface area contributed by atoms with Crippen molar-refractivity contribution in [1.82, 2.24) is 9.97 Å². The lowest BCUT2D eigenvalue weighted by Gasteiger charge is -2.20. The molecule has 1 aromatic rings. The first-order valence-electron chi connectivity index (χ1n) is 6.57. The molecule has 1 aliphatic rings. The summed E-state index contributed by atoms with van der Waals surface area (Å²) in [5.74, 6) is 2.67. The summed E-state index contributed by atoms with van der Waals surface area (Å²) in [4.78, 5) is 11.3. The van der Waals surface area contributed by atoms with Crippen molar-refractivity contribution >= 4 is 11.8 Å². The highest BCUT2D eigenvalue weighted by Crippen LogP contribution is 2.26. The quantitative estimate of drug-likeness (QED) is 0.869. The average Bonchev–Trinajstić information content (AvgIpc) is 2.80. The van der Waals surface area contributed by atoms with Crippen LogP contribution in [-0.2, 0) is 0 Å². The van der Waals surface area contributed by atoms with E-state index >= 15 is 0 Å². The van der Waals surface area contributed by atoms with Crippen LogP contribution >= 0.6 is 0 Å². The van der Waals surface area contributed by atoms with Crippen LogP contribution in [0.1, 0.15) is 32.3 Å². The minimum Gasteiger partial charge on any atom is -0.356 e. The third kappa shape index (κ3) is 2.68. The van der Waals surface area contributed by atoms with Crippen LogP contribution < -0.4 is 10.2 Å². The monoisotopic (exact) mass is 234 g/mol. The maximum Gasteiger partial charge on any atom is 0.224 e. The molecule has 0 radical (unpaired) electrons. The number of rotatable bonds is 4. The molecule has 1 aromatic heterocycles. The summed E-state index contributed by atoms with van der Waals surface area (Å²) < 4.78 is 0. The van der Waals surface area contributed by atoms with Crippen molar-refractivity contribution in [3.63, 3.8) is 0 Å². The Morgan fingerprint density at radius 1 is 1.47 bits per heavy atom. The highest BCUT2D eigenvalue weighted by atomic mass is 15.2. The molecule has 4 nitrogen and oxygen atoms in total. The van der Waals surface area contributed by atoms with Crippen molar-refractivity contribution in [2.75, 3.05) is 29.9 Å². The number of hydrogen-bond donors (Lipinski definition) is 1. The van der Waals surface area contributed by atoms with Crippen LogP contribution in [0.5, 0.6) is 0 Å². The van der Waals surface area contributed by atoms with Gasteiger partial charge < -0.3 is 10.2 Å². The molecule has 0 spiro atoms. The van der Waals surface area contributed by atoms with E-state index in [4.69, 9.17) is 0 Å². The maximum absolute atomic E-state index is 4.62. The summed E-state index contributed by atoms with van der Waals surface area (Å²) in [6.07, 6.45) is 4.47. The Bertz CT molecular complexity index is 378. The van der Waals surface area contributed by atoms with E-state index in [0.29, 0.717) is 0 Å². The molecule has 0 aromatic carbocycles. The van der Waals surface area contributed by atoms with Crippen LogP contribution in [0.4, 0.5) is 11.8 Å². The second-order valence-electron chi connectivity index (χ2n) is 4.74. The fourth-order valence-corrected chi connectivity index (χ4v) is 2.35. The van der Waals surface area contributed by atoms with Crippen LogP contribution in [0.15, 0.2) is 6.20 Å². The highest BCUT2D eigenvalue weighted by Gasteiger charge is 2.23. The Kier molecular flexibility index (Phi) is 3.82. The molecule has 1 aliphatic heterocycles. The van der Waals surface area contributed by atoms with E-state index in [0.717, 1.165) is 37.3 Å². The molecule has 0 amide bonds. The van der Waals surface area contributed by atoms with E-state index in [1.54, 1.807) is 0 Å². The second kappa shape index (κ2) is 5.34. The molecule has 0 bridgehead atoms. The molecule has 2 rings (SSSR count). The summed E-state index contributed by atoms with van der Waals surface area (Å²) in [5, 5.41) is 3.17. The van der Waals surface area contributed by atoms with Gasteiger partial charge in [-0.3, -0.25) is 0 Å². The first kappa shape index (κ1) is 12.1. The van der Waals surface area contributed by atoms with Crippen molar-refractivity contribution in [2.45, 2.75) is 33.6 Å². The maximum atomic E-state index is 4.62. The van der Waals surface area contributed by atoms with Gasteiger partial charge >= 0.3 is 0 Å². The van der Waals surface area contributed by atoms with E-state index in [1.807, 2.05) is 6.20 Å². The smallest absolute Gasteiger partial charge is 0.224 e. The zero-order valence-electron chi connectivity index (χ0n) is 11.0. The molecule has 1 saturated heterocycles. The molecule has 0 saturated carbocycles. The fourth-order valence-electron chi connectivity index (χ4n) is 2.35. The van der Waals surface area contributed by atoms with Gasteiger partial charge in [0.1, 0.15) is 5.82 Å². The molecule has 1 fully saturated rings. The molecular formula is C13H22N4. The number of hydrogen-bond acceptors (Lipinski definition) is 4. The summed E-state index contributed by atoms with van der Waals surface area (Å²) in [6.45, 7) is 9.54. The van der Waals surface area contributed by atoms with Gasteiger partial charge in [0.2, 0.25) is 5.95 Å². The first-order chi connectivity index (χ1) is 8.24. The Morgan fingerprint density at radius 3 is 2.94 bits per heavy atom. The van der Waals surface area contributed by atoms with Gasteiger partial charge in [0.05, 0.1) is 0 Å². The predicted molar refractivity (Wildman–Crippen MR) is 71.5 cm³/mol. The number of aromatic nitrogens is 2. The molecule has 17 heavy (non-hydrogen) atoms. The molecular weight excluding hydrogens is 212 g/mol. The molecule has 94 valence electrons. The minimum atomic E-state index is 0.744. The number of nitrogens with zero attached hydrogens (tertiary/aromatic N) is 3. The van der Waals surface area contributed by atoms with Crippen molar-refractivity contribution in [3.8, 4) is 0 Å². The van der Waals surface area contributed by atoms with Crippen LogP contribution in [0, 0.1) is 12.8 Å². The number of aryl methyl sites for hydroxylation is 1. The van der Waals surface area contributed by atoms with Gasteiger partial charge in [-0.05, 0) is 26.2 Å².